The van der Waals surface area contributed by atoms with E-state index in [4.69, 9.17) is 0 Å². The van der Waals surface area contributed by atoms with Crippen molar-refractivity contribution in [2.24, 2.45) is 0 Å². The average Bonchev–Trinajstić information content (AvgIpc) is 3.30. The fourth-order valence-corrected chi connectivity index (χ4v) is 5.01. The zero-order valence-corrected chi connectivity index (χ0v) is 21.6. The van der Waals surface area contributed by atoms with Crippen LogP contribution in [0.25, 0.3) is 0 Å². The summed E-state index contributed by atoms with van der Waals surface area (Å²) in [6.45, 7) is 6.17. The summed E-state index contributed by atoms with van der Waals surface area (Å²) >= 11 is 0.844. The number of nitrogens with one attached hydrogen (secondary N) is 1. The third kappa shape index (κ3) is 5.97. The van der Waals surface area contributed by atoms with E-state index in [2.05, 4.69) is 14.5 Å². The van der Waals surface area contributed by atoms with Crippen molar-refractivity contribution in [1.82, 2.24) is 9.27 Å². The molecule has 0 atom stereocenters. The first kappa shape index (κ1) is 27.4. The molecule has 0 aliphatic carbocycles. The van der Waals surface area contributed by atoms with Gasteiger partial charge in [0.05, 0.1) is 0 Å². The molecule has 3 aromatic rings. The van der Waals surface area contributed by atoms with Gasteiger partial charge in [-0.15, -0.1) is 0 Å². The minimum atomic E-state index is -4.99. The van der Waals surface area contributed by atoms with Crippen LogP contribution in [0.4, 0.5) is 24.7 Å². The molecule has 1 heterocycles. The highest BCUT2D eigenvalue weighted by atomic mass is 32.2. The van der Waals surface area contributed by atoms with E-state index in [1.54, 1.807) is 12.1 Å². The maximum Gasteiger partial charge on any atom is 0.322 e. The number of carbonyl (C=O) groups is 1. The van der Waals surface area contributed by atoms with Crippen molar-refractivity contribution in [2.75, 3.05) is 16.8 Å². The summed E-state index contributed by atoms with van der Waals surface area (Å²) in [5.74, 6) is -3.71. The molecule has 36 heavy (non-hydrogen) atoms. The molecule has 0 radical (unpaired) electrons. The van der Waals surface area contributed by atoms with E-state index < -0.39 is 32.4 Å². The van der Waals surface area contributed by atoms with Gasteiger partial charge in [0, 0.05) is 35.3 Å². The van der Waals surface area contributed by atoms with Crippen LogP contribution >= 0.6 is 11.5 Å². The SMILES string of the molecule is CN(Cc1cccc(F)c1CNc1cc(F)c(S(=O)(=O)N(OC=O)c2ccsn2)c(F)c1)C(C)(C)C. The van der Waals surface area contributed by atoms with Crippen molar-refractivity contribution < 1.29 is 31.2 Å². The minimum absolute atomic E-state index is 0.0302. The van der Waals surface area contributed by atoms with Crippen LogP contribution in [0.15, 0.2) is 46.7 Å². The summed E-state index contributed by atoms with van der Waals surface area (Å²) in [6.07, 6.45) is 0. The molecular weight excluding hydrogens is 517 g/mol. The molecule has 3 rings (SSSR count). The minimum Gasteiger partial charge on any atom is -0.381 e. The third-order valence-electron chi connectivity index (χ3n) is 5.46. The molecule has 0 saturated heterocycles. The molecule has 0 fully saturated rings. The highest BCUT2D eigenvalue weighted by Crippen LogP contribution is 2.30. The zero-order valence-electron chi connectivity index (χ0n) is 20.0. The van der Waals surface area contributed by atoms with Crippen molar-refractivity contribution in [3.63, 3.8) is 0 Å². The standard InChI is InChI=1S/C23H25F3N4O4S2/c1-23(2,3)29(4)13-15-6-5-7-18(24)17(15)12-27-16-10-19(25)22(20(26)11-16)36(32,33)30(34-14-31)21-8-9-35-28-21/h5-11,14,27H,12-13H2,1-4H3. The van der Waals surface area contributed by atoms with Crippen molar-refractivity contribution in [3.8, 4) is 0 Å². The first-order chi connectivity index (χ1) is 16.9. The molecule has 8 nitrogen and oxygen atoms in total. The smallest absolute Gasteiger partial charge is 0.322 e. The van der Waals surface area contributed by atoms with Crippen LogP contribution in [-0.2, 0) is 32.7 Å². The van der Waals surface area contributed by atoms with Gasteiger partial charge in [0.25, 0.3) is 0 Å². The van der Waals surface area contributed by atoms with E-state index in [-0.39, 0.29) is 34.5 Å². The molecule has 0 amide bonds. The van der Waals surface area contributed by atoms with Gasteiger partial charge < -0.3 is 10.2 Å². The Kier molecular flexibility index (Phi) is 8.26. The average molecular weight is 543 g/mol. The van der Waals surface area contributed by atoms with Gasteiger partial charge in [-0.25, -0.2) is 13.2 Å². The second-order valence-electron chi connectivity index (χ2n) is 8.82. The van der Waals surface area contributed by atoms with E-state index in [0.29, 0.717) is 17.7 Å². The lowest BCUT2D eigenvalue weighted by atomic mass is 10.0. The fraction of sp³-hybridized carbons (Fsp3) is 0.304. The molecule has 2 aromatic carbocycles. The predicted octanol–water partition coefficient (Wildman–Crippen LogP) is 4.69. The van der Waals surface area contributed by atoms with Gasteiger partial charge in [0.15, 0.2) is 10.7 Å². The summed E-state index contributed by atoms with van der Waals surface area (Å²) in [7, 11) is -3.09. The second kappa shape index (κ2) is 10.8. The van der Waals surface area contributed by atoms with Crippen LogP contribution in [0.3, 0.4) is 0 Å². The van der Waals surface area contributed by atoms with Crippen LogP contribution in [0, 0.1) is 17.5 Å². The molecule has 194 valence electrons. The number of nitrogens with zero attached hydrogens (tertiary/aromatic N) is 3. The van der Waals surface area contributed by atoms with E-state index in [1.807, 2.05) is 32.7 Å². The Bertz CT molecular complexity index is 1310. The monoisotopic (exact) mass is 542 g/mol. The van der Waals surface area contributed by atoms with E-state index >= 15 is 0 Å². The lowest BCUT2D eigenvalue weighted by Gasteiger charge is -2.32. The number of sulfonamides is 1. The van der Waals surface area contributed by atoms with Gasteiger partial charge in [-0.05, 0) is 69.2 Å². The Morgan fingerprint density at radius 3 is 2.33 bits per heavy atom. The lowest BCUT2D eigenvalue weighted by Crippen LogP contribution is -2.37. The summed E-state index contributed by atoms with van der Waals surface area (Å²) in [5, 5.41) is 4.14. The van der Waals surface area contributed by atoms with E-state index in [1.165, 1.54) is 17.5 Å². The predicted molar refractivity (Wildman–Crippen MR) is 130 cm³/mol. The number of aromatic nitrogens is 1. The van der Waals surface area contributed by atoms with Crippen LogP contribution in [-0.4, -0.2) is 36.8 Å². The highest BCUT2D eigenvalue weighted by molar-refractivity contribution is 7.92. The molecule has 1 aromatic heterocycles. The van der Waals surface area contributed by atoms with Crippen LogP contribution in [0.1, 0.15) is 31.9 Å². The number of hydrogen-bond donors (Lipinski definition) is 1. The number of hydrogen-bond acceptors (Lipinski definition) is 8. The van der Waals surface area contributed by atoms with Crippen LogP contribution in [0.5, 0.6) is 0 Å². The second-order valence-corrected chi connectivity index (χ2v) is 11.2. The van der Waals surface area contributed by atoms with E-state index in [9.17, 15) is 26.4 Å². The van der Waals surface area contributed by atoms with Gasteiger partial charge in [-0.3, -0.25) is 9.69 Å². The molecule has 0 spiro atoms. The number of rotatable bonds is 10. The van der Waals surface area contributed by atoms with Gasteiger partial charge in [0.2, 0.25) is 0 Å². The first-order valence-corrected chi connectivity index (χ1v) is 12.9. The molecular formula is C23H25F3N4O4S2. The number of carbonyl (C=O) groups excluding carboxylic acids is 1. The molecule has 0 bridgehead atoms. The summed E-state index contributed by atoms with van der Waals surface area (Å²) < 4.78 is 74.0. The maximum atomic E-state index is 14.9. The van der Waals surface area contributed by atoms with Crippen LogP contribution in [0.2, 0.25) is 0 Å². The third-order valence-corrected chi connectivity index (χ3v) is 7.63. The zero-order chi connectivity index (χ0) is 26.7. The molecule has 1 N–H and O–H groups in total. The largest absolute Gasteiger partial charge is 0.381 e. The molecule has 0 unspecified atom stereocenters. The molecule has 0 saturated carbocycles. The first-order valence-electron chi connectivity index (χ1n) is 10.6. The van der Waals surface area contributed by atoms with Gasteiger partial charge >= 0.3 is 16.5 Å². The summed E-state index contributed by atoms with van der Waals surface area (Å²) in [5.41, 5.74) is 0.703. The number of benzene rings is 2. The van der Waals surface area contributed by atoms with Crippen LogP contribution < -0.4 is 9.79 Å². The molecule has 0 aliphatic heterocycles. The molecule has 13 heteroatoms. The lowest BCUT2D eigenvalue weighted by molar-refractivity contribution is -0.128. The maximum absolute atomic E-state index is 14.9. The van der Waals surface area contributed by atoms with Gasteiger partial charge in [-0.2, -0.15) is 12.8 Å². The number of halogens is 3. The van der Waals surface area contributed by atoms with Crippen molar-refractivity contribution in [2.45, 2.75) is 44.3 Å². The van der Waals surface area contributed by atoms with Gasteiger partial charge in [0.1, 0.15) is 17.5 Å². The molecule has 0 aliphatic rings. The fourth-order valence-electron chi connectivity index (χ4n) is 3.20. The Balaban J connectivity index is 1.89. The van der Waals surface area contributed by atoms with Crippen molar-refractivity contribution >= 4 is 39.5 Å². The number of anilines is 2. The Morgan fingerprint density at radius 1 is 1.11 bits per heavy atom. The van der Waals surface area contributed by atoms with Crippen molar-refractivity contribution in [3.05, 3.63) is 70.4 Å². The Morgan fingerprint density at radius 2 is 1.78 bits per heavy atom. The summed E-state index contributed by atoms with van der Waals surface area (Å²) in [4.78, 5) is 16.0. The normalized spacial score (nSPS) is 12.0. The quantitative estimate of drug-likeness (QED) is 0.294. The Hall–Kier alpha value is -3.16. The highest BCUT2D eigenvalue weighted by Gasteiger charge is 2.35. The van der Waals surface area contributed by atoms with Gasteiger partial charge in [-0.1, -0.05) is 16.6 Å². The van der Waals surface area contributed by atoms with Crippen molar-refractivity contribution in [1.29, 1.82) is 0 Å². The Labute approximate surface area is 211 Å². The van der Waals surface area contributed by atoms with E-state index in [0.717, 1.165) is 23.7 Å². The summed E-state index contributed by atoms with van der Waals surface area (Å²) in [6, 6.07) is 7.35. The topological polar surface area (TPSA) is 91.8 Å².